The highest BCUT2D eigenvalue weighted by molar-refractivity contribution is 5.89. The predicted molar refractivity (Wildman–Crippen MR) is 79.2 cm³/mol. The molecule has 0 atom stereocenters. The Morgan fingerprint density at radius 3 is 2.55 bits per heavy atom. The first-order valence-corrected chi connectivity index (χ1v) is 6.66. The van der Waals surface area contributed by atoms with E-state index in [1.54, 1.807) is 12.1 Å². The van der Waals surface area contributed by atoms with Crippen molar-refractivity contribution in [3.8, 4) is 6.07 Å². The molecule has 20 heavy (non-hydrogen) atoms. The maximum absolute atomic E-state index is 10.9. The number of benzene rings is 1. The Hall–Kier alpha value is -2.06. The number of carbonyl (C=O) groups is 1. The normalized spacial score (nSPS) is 10.3. The fourth-order valence-electron chi connectivity index (χ4n) is 2.06. The van der Waals surface area contributed by atoms with Crippen molar-refractivity contribution in [1.82, 2.24) is 4.90 Å². The quantitative estimate of drug-likeness (QED) is 0.824. The molecule has 0 amide bonds. The van der Waals surface area contributed by atoms with Gasteiger partial charge in [-0.3, -0.25) is 0 Å². The van der Waals surface area contributed by atoms with Crippen molar-refractivity contribution in [2.24, 2.45) is 0 Å². The Morgan fingerprint density at radius 2 is 2.05 bits per heavy atom. The average Bonchev–Trinajstić information content (AvgIpc) is 2.42. The summed E-state index contributed by atoms with van der Waals surface area (Å²) in [6.07, 6.45) is 0.992. The Bertz CT molecular complexity index is 506. The molecule has 0 aromatic heterocycles. The van der Waals surface area contributed by atoms with E-state index in [-0.39, 0.29) is 5.56 Å². The molecule has 0 saturated carbocycles. The van der Waals surface area contributed by atoms with E-state index in [2.05, 4.69) is 15.9 Å². The second kappa shape index (κ2) is 7.51. The van der Waals surface area contributed by atoms with Gasteiger partial charge in [0.15, 0.2) is 0 Å². The molecule has 1 aromatic rings. The number of carboxylic acid groups (broad SMARTS) is 1. The van der Waals surface area contributed by atoms with Crippen molar-refractivity contribution in [3.05, 3.63) is 29.3 Å². The van der Waals surface area contributed by atoms with Crippen LogP contribution >= 0.6 is 0 Å². The molecule has 0 unspecified atom stereocenters. The molecule has 5 nitrogen and oxygen atoms in total. The van der Waals surface area contributed by atoms with Gasteiger partial charge in [-0.25, -0.2) is 4.79 Å². The smallest absolute Gasteiger partial charge is 0.335 e. The molecule has 1 aromatic carbocycles. The highest BCUT2D eigenvalue weighted by Gasteiger charge is 2.12. The third-order valence-corrected chi connectivity index (χ3v) is 3.12. The van der Waals surface area contributed by atoms with E-state index in [0.717, 1.165) is 31.7 Å². The standard InChI is InChI=1S/C15H21N3O2/c1-4-18(9-5-8-17(2)3)14-7-6-12(15(19)20)10-13(14)11-16/h6-7,10H,4-5,8-9H2,1-3H3,(H,19,20). The number of nitriles is 1. The van der Waals surface area contributed by atoms with Crippen LogP contribution in [0.5, 0.6) is 0 Å². The maximum Gasteiger partial charge on any atom is 0.335 e. The molecule has 5 heteroatoms. The summed E-state index contributed by atoms with van der Waals surface area (Å²) in [6, 6.07) is 6.80. The SMILES string of the molecule is CCN(CCCN(C)C)c1ccc(C(=O)O)cc1C#N. The first-order valence-electron chi connectivity index (χ1n) is 6.66. The zero-order chi connectivity index (χ0) is 15.1. The summed E-state index contributed by atoms with van der Waals surface area (Å²) in [7, 11) is 4.05. The molecule has 0 heterocycles. The van der Waals surface area contributed by atoms with E-state index in [1.165, 1.54) is 6.07 Å². The largest absolute Gasteiger partial charge is 0.478 e. The summed E-state index contributed by atoms with van der Waals surface area (Å²) in [6.45, 7) is 4.64. The van der Waals surface area contributed by atoms with E-state index in [4.69, 9.17) is 5.11 Å². The van der Waals surface area contributed by atoms with E-state index in [0.29, 0.717) is 5.56 Å². The van der Waals surface area contributed by atoms with Gasteiger partial charge in [-0.15, -0.1) is 0 Å². The van der Waals surface area contributed by atoms with Gasteiger partial charge < -0.3 is 14.9 Å². The van der Waals surface area contributed by atoms with Crippen LogP contribution in [0.3, 0.4) is 0 Å². The number of carboxylic acids is 1. The number of hydrogen-bond acceptors (Lipinski definition) is 4. The number of anilines is 1. The van der Waals surface area contributed by atoms with Crippen molar-refractivity contribution in [3.63, 3.8) is 0 Å². The van der Waals surface area contributed by atoms with Gasteiger partial charge in [-0.1, -0.05) is 0 Å². The van der Waals surface area contributed by atoms with Crippen molar-refractivity contribution in [2.45, 2.75) is 13.3 Å². The molecule has 0 fully saturated rings. The second-order valence-electron chi connectivity index (χ2n) is 4.89. The monoisotopic (exact) mass is 275 g/mol. The van der Waals surface area contributed by atoms with Crippen LogP contribution in [0.4, 0.5) is 5.69 Å². The summed E-state index contributed by atoms with van der Waals surface area (Å²) >= 11 is 0. The zero-order valence-electron chi connectivity index (χ0n) is 12.3. The Kier molecular flexibility index (Phi) is 6.01. The molecule has 1 rings (SSSR count). The number of nitrogens with zero attached hydrogens (tertiary/aromatic N) is 3. The Balaban J connectivity index is 2.92. The van der Waals surface area contributed by atoms with Gasteiger partial charge >= 0.3 is 5.97 Å². The maximum atomic E-state index is 10.9. The van der Waals surface area contributed by atoms with Crippen molar-refractivity contribution in [1.29, 1.82) is 5.26 Å². The van der Waals surface area contributed by atoms with Gasteiger partial charge in [0, 0.05) is 13.1 Å². The lowest BCUT2D eigenvalue weighted by Crippen LogP contribution is -2.27. The minimum atomic E-state index is -1.01. The van der Waals surface area contributed by atoms with E-state index in [9.17, 15) is 10.1 Å². The minimum absolute atomic E-state index is 0.148. The van der Waals surface area contributed by atoms with Gasteiger partial charge in [0.1, 0.15) is 6.07 Å². The lowest BCUT2D eigenvalue weighted by molar-refractivity contribution is 0.0697. The molecule has 0 spiro atoms. The topological polar surface area (TPSA) is 67.6 Å². The summed E-state index contributed by atoms with van der Waals surface area (Å²) in [5.41, 5.74) is 1.37. The third kappa shape index (κ3) is 4.25. The molecule has 0 radical (unpaired) electrons. The summed E-state index contributed by atoms with van der Waals surface area (Å²) < 4.78 is 0. The molecule has 0 saturated heterocycles. The van der Waals surface area contributed by atoms with Gasteiger partial charge in [0.2, 0.25) is 0 Å². The highest BCUT2D eigenvalue weighted by atomic mass is 16.4. The highest BCUT2D eigenvalue weighted by Crippen LogP contribution is 2.21. The number of rotatable bonds is 7. The molecule has 0 bridgehead atoms. The van der Waals surface area contributed by atoms with Gasteiger partial charge in [0.05, 0.1) is 16.8 Å². The van der Waals surface area contributed by atoms with Crippen LogP contribution in [0.2, 0.25) is 0 Å². The fraction of sp³-hybridized carbons (Fsp3) is 0.467. The van der Waals surface area contributed by atoms with Crippen molar-refractivity contribution >= 4 is 11.7 Å². The molecule has 0 aliphatic rings. The Morgan fingerprint density at radius 1 is 1.35 bits per heavy atom. The molecular weight excluding hydrogens is 254 g/mol. The van der Waals surface area contributed by atoms with Crippen molar-refractivity contribution in [2.75, 3.05) is 38.6 Å². The van der Waals surface area contributed by atoms with Crippen LogP contribution in [-0.2, 0) is 0 Å². The van der Waals surface area contributed by atoms with Crippen LogP contribution in [0.15, 0.2) is 18.2 Å². The van der Waals surface area contributed by atoms with Crippen LogP contribution < -0.4 is 4.90 Å². The molecule has 108 valence electrons. The predicted octanol–water partition coefficient (Wildman–Crippen LogP) is 2.03. The summed E-state index contributed by atoms with van der Waals surface area (Å²) in [5.74, 6) is -1.01. The van der Waals surface area contributed by atoms with Gasteiger partial charge in [-0.2, -0.15) is 5.26 Å². The minimum Gasteiger partial charge on any atom is -0.478 e. The fourth-order valence-corrected chi connectivity index (χ4v) is 2.06. The van der Waals surface area contributed by atoms with Gasteiger partial charge in [0.25, 0.3) is 0 Å². The van der Waals surface area contributed by atoms with Crippen LogP contribution in [-0.4, -0.2) is 49.7 Å². The second-order valence-corrected chi connectivity index (χ2v) is 4.89. The first-order chi connectivity index (χ1) is 9.49. The molecule has 0 aliphatic carbocycles. The Labute approximate surface area is 120 Å². The zero-order valence-corrected chi connectivity index (χ0v) is 12.3. The van der Waals surface area contributed by atoms with Crippen LogP contribution in [0.1, 0.15) is 29.3 Å². The van der Waals surface area contributed by atoms with Crippen LogP contribution in [0, 0.1) is 11.3 Å². The van der Waals surface area contributed by atoms with E-state index >= 15 is 0 Å². The number of hydrogen-bond donors (Lipinski definition) is 1. The van der Waals surface area contributed by atoms with E-state index < -0.39 is 5.97 Å². The summed E-state index contributed by atoms with van der Waals surface area (Å²) in [5, 5.41) is 18.2. The van der Waals surface area contributed by atoms with Crippen LogP contribution in [0.25, 0.3) is 0 Å². The average molecular weight is 275 g/mol. The van der Waals surface area contributed by atoms with E-state index in [1.807, 2.05) is 21.0 Å². The summed E-state index contributed by atoms with van der Waals surface area (Å²) in [4.78, 5) is 15.2. The molecule has 1 N–H and O–H groups in total. The molecular formula is C15H21N3O2. The third-order valence-electron chi connectivity index (χ3n) is 3.12. The van der Waals surface area contributed by atoms with Crippen molar-refractivity contribution < 1.29 is 9.90 Å². The lowest BCUT2D eigenvalue weighted by Gasteiger charge is -2.25. The number of aromatic carboxylic acids is 1. The van der Waals surface area contributed by atoms with Gasteiger partial charge in [-0.05, 0) is 52.2 Å². The lowest BCUT2D eigenvalue weighted by atomic mass is 10.1. The first kappa shape index (κ1) is 16.0. The molecule has 0 aliphatic heterocycles.